The van der Waals surface area contributed by atoms with Crippen LogP contribution in [0.3, 0.4) is 0 Å². The predicted molar refractivity (Wildman–Crippen MR) is 83.6 cm³/mol. The molecule has 0 aromatic heterocycles. The Hall–Kier alpha value is -2.76. The van der Waals surface area contributed by atoms with Crippen LogP contribution >= 0.6 is 0 Å². The van der Waals surface area contributed by atoms with Crippen LogP contribution < -0.4 is 9.47 Å². The zero-order valence-corrected chi connectivity index (χ0v) is 12.5. The number of ether oxygens (including phenoxy) is 2. The van der Waals surface area contributed by atoms with Gasteiger partial charge in [0.2, 0.25) is 13.3 Å². The molecule has 0 amide bonds. The average molecular weight is 315 g/mol. The molecule has 0 bridgehead atoms. The second-order valence-electron chi connectivity index (χ2n) is 5.50. The summed E-state index contributed by atoms with van der Waals surface area (Å²) in [6.45, 7) is -0.137. The summed E-state index contributed by atoms with van der Waals surface area (Å²) in [7, 11) is 0. The van der Waals surface area contributed by atoms with Gasteiger partial charge in [0.05, 0.1) is 5.92 Å². The Bertz CT molecular complexity index is 702. The molecule has 6 nitrogen and oxygen atoms in total. The first-order valence-corrected chi connectivity index (χ1v) is 7.41. The van der Waals surface area contributed by atoms with Crippen molar-refractivity contribution >= 4 is 0 Å². The first kappa shape index (κ1) is 15.1. The summed E-state index contributed by atoms with van der Waals surface area (Å²) in [6, 6.07) is 12.9. The Morgan fingerprint density at radius 2 is 1.87 bits per heavy atom. The zero-order chi connectivity index (χ0) is 16.2. The number of hydrogen-bond donors (Lipinski definition) is 1. The van der Waals surface area contributed by atoms with E-state index in [4.69, 9.17) is 9.47 Å². The maximum atomic E-state index is 11.0. The fourth-order valence-electron chi connectivity index (χ4n) is 2.78. The average Bonchev–Trinajstić information content (AvgIpc) is 2.98. The van der Waals surface area contributed by atoms with Gasteiger partial charge in [-0.3, -0.25) is 10.1 Å². The molecule has 1 heterocycles. The largest absolute Gasteiger partial charge is 0.508 e. The van der Waals surface area contributed by atoms with Gasteiger partial charge in [-0.25, -0.2) is 0 Å². The van der Waals surface area contributed by atoms with E-state index in [-0.39, 0.29) is 29.9 Å². The number of aromatic hydroxyl groups is 1. The van der Waals surface area contributed by atoms with Crippen LogP contribution in [-0.2, 0) is 6.42 Å². The molecule has 0 saturated carbocycles. The van der Waals surface area contributed by atoms with Gasteiger partial charge in [-0.1, -0.05) is 30.3 Å². The standard InChI is InChI=1S/C17H17NO5/c19-15-9-17-16(22-11-23-17)8-14(15)13(10-18(20)21)7-6-12-4-2-1-3-5-12/h1-5,8-9,13,19H,6-7,10-11H2/t13-/m1/s1. The van der Waals surface area contributed by atoms with Gasteiger partial charge in [0, 0.05) is 16.6 Å². The number of phenols is 1. The Labute approximate surface area is 133 Å². The van der Waals surface area contributed by atoms with Crippen molar-refractivity contribution in [1.29, 1.82) is 0 Å². The van der Waals surface area contributed by atoms with Crippen molar-refractivity contribution in [2.24, 2.45) is 0 Å². The van der Waals surface area contributed by atoms with E-state index in [1.165, 1.54) is 6.07 Å². The molecule has 1 aliphatic heterocycles. The molecular formula is C17H17NO5. The van der Waals surface area contributed by atoms with Crippen molar-refractivity contribution < 1.29 is 19.5 Å². The van der Waals surface area contributed by atoms with Gasteiger partial charge in [0.1, 0.15) is 5.75 Å². The van der Waals surface area contributed by atoms with E-state index in [1.807, 2.05) is 30.3 Å². The number of rotatable bonds is 6. The maximum absolute atomic E-state index is 11.0. The molecule has 0 saturated heterocycles. The van der Waals surface area contributed by atoms with Gasteiger partial charge in [0.15, 0.2) is 11.5 Å². The van der Waals surface area contributed by atoms with E-state index < -0.39 is 0 Å². The minimum absolute atomic E-state index is 0.00848. The minimum atomic E-state index is -0.389. The molecule has 0 radical (unpaired) electrons. The molecule has 0 unspecified atom stereocenters. The fourth-order valence-corrected chi connectivity index (χ4v) is 2.78. The van der Waals surface area contributed by atoms with Crippen molar-refractivity contribution in [3.8, 4) is 17.2 Å². The first-order valence-electron chi connectivity index (χ1n) is 7.41. The third-order valence-corrected chi connectivity index (χ3v) is 3.96. The van der Waals surface area contributed by atoms with Gasteiger partial charge in [0.25, 0.3) is 0 Å². The lowest BCUT2D eigenvalue weighted by atomic mass is 9.91. The molecule has 0 spiro atoms. The second-order valence-corrected chi connectivity index (χ2v) is 5.50. The van der Waals surface area contributed by atoms with E-state index in [0.29, 0.717) is 29.9 Å². The third-order valence-electron chi connectivity index (χ3n) is 3.96. The summed E-state index contributed by atoms with van der Waals surface area (Å²) >= 11 is 0. The smallest absolute Gasteiger partial charge is 0.231 e. The predicted octanol–water partition coefficient (Wildman–Crippen LogP) is 3.11. The van der Waals surface area contributed by atoms with E-state index >= 15 is 0 Å². The van der Waals surface area contributed by atoms with Crippen LogP contribution in [0.5, 0.6) is 17.2 Å². The highest BCUT2D eigenvalue weighted by molar-refractivity contribution is 5.52. The molecular weight excluding hydrogens is 298 g/mol. The summed E-state index contributed by atoms with van der Waals surface area (Å²) in [5, 5.41) is 21.2. The normalized spacial score (nSPS) is 13.7. The van der Waals surface area contributed by atoms with Crippen LogP contribution in [0.15, 0.2) is 42.5 Å². The Kier molecular flexibility index (Phi) is 4.32. The number of phenolic OH excluding ortho intramolecular Hbond substituents is 1. The molecule has 3 rings (SSSR count). The van der Waals surface area contributed by atoms with Gasteiger partial charge < -0.3 is 14.6 Å². The van der Waals surface area contributed by atoms with E-state index in [1.54, 1.807) is 6.07 Å². The molecule has 2 aromatic rings. The maximum Gasteiger partial charge on any atom is 0.231 e. The summed E-state index contributed by atoms with van der Waals surface area (Å²) < 4.78 is 10.5. The highest BCUT2D eigenvalue weighted by atomic mass is 16.7. The van der Waals surface area contributed by atoms with Crippen LogP contribution in [0.1, 0.15) is 23.5 Å². The minimum Gasteiger partial charge on any atom is -0.508 e. The molecule has 0 fully saturated rings. The van der Waals surface area contributed by atoms with Gasteiger partial charge in [-0.05, 0) is 24.5 Å². The van der Waals surface area contributed by atoms with Crippen molar-refractivity contribution in [3.63, 3.8) is 0 Å². The monoisotopic (exact) mass is 315 g/mol. The highest BCUT2D eigenvalue weighted by Crippen LogP contribution is 2.41. The quantitative estimate of drug-likeness (QED) is 0.654. The highest BCUT2D eigenvalue weighted by Gasteiger charge is 2.25. The Morgan fingerprint density at radius 3 is 2.57 bits per heavy atom. The van der Waals surface area contributed by atoms with Gasteiger partial charge in [-0.2, -0.15) is 0 Å². The van der Waals surface area contributed by atoms with Crippen molar-refractivity contribution in [1.82, 2.24) is 0 Å². The molecule has 120 valence electrons. The summed E-state index contributed by atoms with van der Waals surface area (Å²) in [6.07, 6.45) is 1.27. The summed E-state index contributed by atoms with van der Waals surface area (Å²) in [4.78, 5) is 10.7. The fraction of sp³-hybridized carbons (Fsp3) is 0.294. The summed E-state index contributed by atoms with van der Waals surface area (Å²) in [5.41, 5.74) is 1.64. The summed E-state index contributed by atoms with van der Waals surface area (Å²) in [5.74, 6) is 0.605. The number of nitrogens with zero attached hydrogens (tertiary/aromatic N) is 1. The SMILES string of the molecule is O=[N+]([O-])C[C@@H](CCc1ccccc1)c1cc2c(cc1O)OCO2. The van der Waals surface area contributed by atoms with E-state index in [2.05, 4.69) is 0 Å². The number of aryl methyl sites for hydroxylation is 1. The lowest BCUT2D eigenvalue weighted by molar-refractivity contribution is -0.483. The molecule has 1 N–H and O–H groups in total. The van der Waals surface area contributed by atoms with Crippen LogP contribution in [0.4, 0.5) is 0 Å². The van der Waals surface area contributed by atoms with E-state index in [0.717, 1.165) is 5.56 Å². The van der Waals surface area contributed by atoms with Crippen LogP contribution in [0.25, 0.3) is 0 Å². The van der Waals surface area contributed by atoms with Crippen LogP contribution in [0, 0.1) is 10.1 Å². The van der Waals surface area contributed by atoms with Gasteiger partial charge in [-0.15, -0.1) is 0 Å². The Morgan fingerprint density at radius 1 is 1.17 bits per heavy atom. The molecule has 1 atom stereocenters. The lowest BCUT2D eigenvalue weighted by Gasteiger charge is -2.15. The number of hydrogen-bond acceptors (Lipinski definition) is 5. The Balaban J connectivity index is 1.82. The second kappa shape index (κ2) is 6.56. The number of nitro groups is 1. The van der Waals surface area contributed by atoms with Crippen molar-refractivity contribution in [3.05, 3.63) is 63.7 Å². The van der Waals surface area contributed by atoms with Crippen LogP contribution in [0.2, 0.25) is 0 Å². The molecule has 6 heteroatoms. The van der Waals surface area contributed by atoms with Gasteiger partial charge >= 0.3 is 0 Å². The molecule has 23 heavy (non-hydrogen) atoms. The molecule has 1 aliphatic rings. The van der Waals surface area contributed by atoms with Crippen molar-refractivity contribution in [2.75, 3.05) is 13.3 Å². The molecule has 2 aromatic carbocycles. The lowest BCUT2D eigenvalue weighted by Crippen LogP contribution is -2.14. The third kappa shape index (κ3) is 3.53. The van der Waals surface area contributed by atoms with Crippen molar-refractivity contribution in [2.45, 2.75) is 18.8 Å². The van der Waals surface area contributed by atoms with Crippen LogP contribution in [-0.4, -0.2) is 23.4 Å². The first-order chi connectivity index (χ1) is 11.1. The molecule has 0 aliphatic carbocycles. The number of fused-ring (bicyclic) bond motifs is 1. The zero-order valence-electron chi connectivity index (χ0n) is 12.5. The van der Waals surface area contributed by atoms with E-state index in [9.17, 15) is 15.2 Å². The topological polar surface area (TPSA) is 81.8 Å². The number of benzene rings is 2.